The lowest BCUT2D eigenvalue weighted by Gasteiger charge is -2.31. The van der Waals surface area contributed by atoms with E-state index in [-0.39, 0.29) is 5.91 Å². The Bertz CT molecular complexity index is 711. The molecule has 1 N–H and O–H groups in total. The molecule has 3 rings (SSSR count). The highest BCUT2D eigenvalue weighted by Crippen LogP contribution is 2.24. The molecule has 1 saturated heterocycles. The summed E-state index contributed by atoms with van der Waals surface area (Å²) in [6.07, 6.45) is 5.38. The molecule has 0 saturated carbocycles. The first-order valence-electron chi connectivity index (χ1n) is 10.4. The van der Waals surface area contributed by atoms with Crippen molar-refractivity contribution in [1.82, 2.24) is 4.90 Å². The Kier molecular flexibility index (Phi) is 7.05. The second-order valence-electron chi connectivity index (χ2n) is 7.62. The summed E-state index contributed by atoms with van der Waals surface area (Å²) in [4.78, 5) is 14.9. The maximum Gasteiger partial charge on any atom is 0.238 e. The van der Waals surface area contributed by atoms with Crippen molar-refractivity contribution in [2.75, 3.05) is 25.0 Å². The molecule has 1 amide bonds. The Morgan fingerprint density at radius 2 is 1.59 bits per heavy atom. The molecule has 0 spiro atoms. The van der Waals surface area contributed by atoms with Crippen LogP contribution in [0.5, 0.6) is 0 Å². The predicted octanol–water partition coefficient (Wildman–Crippen LogP) is 4.70. The van der Waals surface area contributed by atoms with Crippen molar-refractivity contribution < 1.29 is 4.79 Å². The zero-order valence-corrected chi connectivity index (χ0v) is 16.7. The minimum Gasteiger partial charge on any atom is -0.324 e. The van der Waals surface area contributed by atoms with Gasteiger partial charge in [-0.2, -0.15) is 0 Å². The number of para-hydroxylation sites is 1. The van der Waals surface area contributed by atoms with E-state index in [0.29, 0.717) is 6.54 Å². The average molecular weight is 365 g/mol. The number of likely N-dealkylation sites (tertiary alicyclic amines) is 1. The molecule has 27 heavy (non-hydrogen) atoms. The number of hydrogen-bond acceptors (Lipinski definition) is 2. The van der Waals surface area contributed by atoms with E-state index in [1.54, 1.807) is 0 Å². The third kappa shape index (κ3) is 5.43. The van der Waals surface area contributed by atoms with Gasteiger partial charge in [0.1, 0.15) is 0 Å². The quantitative estimate of drug-likeness (QED) is 0.772. The molecule has 0 atom stereocenters. The van der Waals surface area contributed by atoms with Gasteiger partial charge in [-0.15, -0.1) is 0 Å². The lowest BCUT2D eigenvalue weighted by Crippen LogP contribution is -2.39. The summed E-state index contributed by atoms with van der Waals surface area (Å²) in [5, 5.41) is 3.20. The third-order valence-electron chi connectivity index (χ3n) is 5.70. The molecule has 3 nitrogen and oxygen atoms in total. The molecule has 1 aliphatic heterocycles. The molecule has 0 unspecified atom stereocenters. The van der Waals surface area contributed by atoms with Crippen molar-refractivity contribution in [1.29, 1.82) is 0 Å². The first-order valence-corrected chi connectivity index (χ1v) is 10.4. The van der Waals surface area contributed by atoms with Gasteiger partial charge in [0.05, 0.1) is 6.54 Å². The zero-order valence-electron chi connectivity index (χ0n) is 16.7. The van der Waals surface area contributed by atoms with Crippen LogP contribution in [0.3, 0.4) is 0 Å². The standard InChI is InChI=1S/C24H32N2O/c1-3-21-11-8-12-22(4-2)24(21)25-23(27)18-26-15-13-20(14-16-26)17-19-9-6-5-7-10-19/h5-12,20H,3-4,13-18H2,1-2H3,(H,25,27). The number of anilines is 1. The van der Waals surface area contributed by atoms with Gasteiger partial charge >= 0.3 is 0 Å². The lowest BCUT2D eigenvalue weighted by atomic mass is 9.90. The molecule has 144 valence electrons. The van der Waals surface area contributed by atoms with Crippen molar-refractivity contribution in [2.45, 2.75) is 46.0 Å². The van der Waals surface area contributed by atoms with E-state index in [1.165, 1.54) is 29.5 Å². The van der Waals surface area contributed by atoms with Crippen LogP contribution < -0.4 is 5.32 Å². The molecule has 1 heterocycles. The number of nitrogens with zero attached hydrogens (tertiary/aromatic N) is 1. The molecule has 1 fully saturated rings. The number of rotatable bonds is 7. The van der Waals surface area contributed by atoms with Crippen LogP contribution in [-0.4, -0.2) is 30.4 Å². The van der Waals surface area contributed by atoms with E-state index in [9.17, 15) is 4.79 Å². The van der Waals surface area contributed by atoms with E-state index in [4.69, 9.17) is 0 Å². The van der Waals surface area contributed by atoms with Gasteiger partial charge in [-0.1, -0.05) is 62.4 Å². The van der Waals surface area contributed by atoms with Crippen LogP contribution in [0.15, 0.2) is 48.5 Å². The molecule has 0 bridgehead atoms. The van der Waals surface area contributed by atoms with Gasteiger partial charge in [-0.3, -0.25) is 9.69 Å². The fraction of sp³-hybridized carbons (Fsp3) is 0.458. The third-order valence-corrected chi connectivity index (χ3v) is 5.70. The fourth-order valence-corrected chi connectivity index (χ4v) is 4.08. The number of nitrogens with one attached hydrogen (secondary N) is 1. The first-order chi connectivity index (χ1) is 13.2. The number of aryl methyl sites for hydroxylation is 2. The second kappa shape index (κ2) is 9.70. The smallest absolute Gasteiger partial charge is 0.238 e. The Morgan fingerprint density at radius 1 is 0.963 bits per heavy atom. The van der Waals surface area contributed by atoms with Crippen LogP contribution in [0.25, 0.3) is 0 Å². The molecule has 0 aromatic heterocycles. The van der Waals surface area contributed by atoms with Crippen molar-refractivity contribution in [2.24, 2.45) is 5.92 Å². The molecule has 2 aromatic carbocycles. The van der Waals surface area contributed by atoms with Crippen molar-refractivity contribution in [3.8, 4) is 0 Å². The number of amides is 1. The Hall–Kier alpha value is -2.13. The molecule has 0 radical (unpaired) electrons. The normalized spacial score (nSPS) is 15.6. The summed E-state index contributed by atoms with van der Waals surface area (Å²) in [5.41, 5.74) is 4.91. The summed E-state index contributed by atoms with van der Waals surface area (Å²) in [6.45, 7) is 6.81. The second-order valence-corrected chi connectivity index (χ2v) is 7.62. The molecule has 1 aliphatic rings. The van der Waals surface area contributed by atoms with Gasteiger partial charge in [0.2, 0.25) is 5.91 Å². The largest absolute Gasteiger partial charge is 0.324 e. The molecule has 3 heteroatoms. The highest BCUT2D eigenvalue weighted by molar-refractivity contribution is 5.93. The van der Waals surface area contributed by atoms with Crippen molar-refractivity contribution in [3.05, 3.63) is 65.2 Å². The minimum absolute atomic E-state index is 0.118. The highest BCUT2D eigenvalue weighted by Gasteiger charge is 2.21. The molecule has 2 aromatic rings. The average Bonchev–Trinajstić information content (AvgIpc) is 2.70. The lowest BCUT2D eigenvalue weighted by molar-refractivity contribution is -0.117. The van der Waals surface area contributed by atoms with Crippen LogP contribution >= 0.6 is 0 Å². The van der Waals surface area contributed by atoms with Crippen LogP contribution in [-0.2, 0) is 24.1 Å². The highest BCUT2D eigenvalue weighted by atomic mass is 16.2. The maximum atomic E-state index is 12.6. The van der Waals surface area contributed by atoms with E-state index in [2.05, 4.69) is 72.6 Å². The van der Waals surface area contributed by atoms with E-state index >= 15 is 0 Å². The number of piperidine rings is 1. The first kappa shape index (κ1) is 19.6. The Balaban J connectivity index is 1.50. The van der Waals surface area contributed by atoms with Gasteiger partial charge < -0.3 is 5.32 Å². The zero-order chi connectivity index (χ0) is 19.1. The van der Waals surface area contributed by atoms with Crippen LogP contribution in [0, 0.1) is 5.92 Å². The number of carbonyl (C=O) groups is 1. The Labute approximate surface area is 163 Å². The topological polar surface area (TPSA) is 32.3 Å². The number of hydrogen-bond donors (Lipinski definition) is 1. The van der Waals surface area contributed by atoms with E-state index < -0.39 is 0 Å². The van der Waals surface area contributed by atoms with E-state index in [0.717, 1.165) is 44.0 Å². The van der Waals surface area contributed by atoms with E-state index in [1.807, 2.05) is 0 Å². The fourth-order valence-electron chi connectivity index (χ4n) is 4.08. The maximum absolute atomic E-state index is 12.6. The monoisotopic (exact) mass is 364 g/mol. The predicted molar refractivity (Wildman–Crippen MR) is 113 cm³/mol. The summed E-state index contributed by atoms with van der Waals surface area (Å²) in [6, 6.07) is 17.1. The summed E-state index contributed by atoms with van der Waals surface area (Å²) >= 11 is 0. The van der Waals surface area contributed by atoms with Crippen molar-refractivity contribution in [3.63, 3.8) is 0 Å². The summed E-state index contributed by atoms with van der Waals surface area (Å²) in [7, 11) is 0. The molecular weight excluding hydrogens is 332 g/mol. The van der Waals surface area contributed by atoms with Crippen molar-refractivity contribution >= 4 is 11.6 Å². The van der Waals surface area contributed by atoms with Crippen LogP contribution in [0.4, 0.5) is 5.69 Å². The molecule has 0 aliphatic carbocycles. The SMILES string of the molecule is CCc1cccc(CC)c1NC(=O)CN1CCC(Cc2ccccc2)CC1. The van der Waals surface area contributed by atoms with Gasteiger partial charge in [0, 0.05) is 5.69 Å². The van der Waals surface area contributed by atoms with Crippen LogP contribution in [0.2, 0.25) is 0 Å². The van der Waals surface area contributed by atoms with Gasteiger partial charge in [-0.25, -0.2) is 0 Å². The number of carbonyl (C=O) groups excluding carboxylic acids is 1. The van der Waals surface area contributed by atoms with Gasteiger partial charge in [0.15, 0.2) is 0 Å². The van der Waals surface area contributed by atoms with Crippen LogP contribution in [0.1, 0.15) is 43.4 Å². The van der Waals surface area contributed by atoms with Gasteiger partial charge in [0.25, 0.3) is 0 Å². The summed E-state index contributed by atoms with van der Waals surface area (Å²) in [5.74, 6) is 0.853. The summed E-state index contributed by atoms with van der Waals surface area (Å²) < 4.78 is 0. The Morgan fingerprint density at radius 3 is 2.19 bits per heavy atom. The van der Waals surface area contributed by atoms with Gasteiger partial charge in [-0.05, 0) is 67.8 Å². The number of benzene rings is 2. The molecular formula is C24H32N2O. The minimum atomic E-state index is 0.118.